The highest BCUT2D eigenvalue weighted by Crippen LogP contribution is 2.20. The van der Waals surface area contributed by atoms with Gasteiger partial charge in [0.25, 0.3) is 0 Å². The number of hydrogen-bond acceptors (Lipinski definition) is 3. The van der Waals surface area contributed by atoms with Gasteiger partial charge in [-0.1, -0.05) is 24.3 Å². The molecule has 2 saturated heterocycles. The average molecular weight is 379 g/mol. The van der Waals surface area contributed by atoms with Crippen molar-refractivity contribution in [1.29, 1.82) is 0 Å². The average Bonchev–Trinajstić information content (AvgIpc) is 2.97. The SMILES string of the molecule is Cl.O=C(CNC(=O)N1CCc2ccccc2C1)N1CCC2CCC(C1)N2. The zero-order valence-electron chi connectivity index (χ0n) is 14.9. The minimum atomic E-state index is -0.141. The Morgan fingerprint density at radius 2 is 1.81 bits per heavy atom. The van der Waals surface area contributed by atoms with Crippen LogP contribution >= 0.6 is 12.4 Å². The normalized spacial score (nSPS) is 24.3. The molecule has 3 heterocycles. The van der Waals surface area contributed by atoms with Crippen LogP contribution in [0.3, 0.4) is 0 Å². The molecule has 3 aliphatic rings. The second-order valence-corrected chi connectivity index (χ2v) is 7.37. The van der Waals surface area contributed by atoms with Crippen LogP contribution in [0, 0.1) is 0 Å². The van der Waals surface area contributed by atoms with Gasteiger partial charge in [-0.3, -0.25) is 4.79 Å². The lowest BCUT2D eigenvalue weighted by Gasteiger charge is -2.29. The van der Waals surface area contributed by atoms with E-state index in [-0.39, 0.29) is 30.9 Å². The molecule has 3 amide bonds. The quantitative estimate of drug-likeness (QED) is 0.820. The van der Waals surface area contributed by atoms with E-state index in [0.717, 1.165) is 32.4 Å². The van der Waals surface area contributed by atoms with Crippen molar-refractivity contribution in [3.05, 3.63) is 35.4 Å². The Balaban J connectivity index is 0.00000196. The maximum Gasteiger partial charge on any atom is 0.318 e. The number of fused-ring (bicyclic) bond motifs is 3. The third-order valence-electron chi connectivity index (χ3n) is 5.68. The van der Waals surface area contributed by atoms with Gasteiger partial charge in [-0.2, -0.15) is 0 Å². The molecule has 0 radical (unpaired) electrons. The van der Waals surface area contributed by atoms with Gasteiger partial charge in [0.15, 0.2) is 0 Å². The second kappa shape index (κ2) is 8.27. The van der Waals surface area contributed by atoms with Crippen molar-refractivity contribution in [1.82, 2.24) is 20.4 Å². The zero-order valence-corrected chi connectivity index (χ0v) is 15.8. The van der Waals surface area contributed by atoms with E-state index in [1.807, 2.05) is 17.0 Å². The molecule has 7 heteroatoms. The maximum atomic E-state index is 12.5. The molecule has 3 aliphatic heterocycles. The van der Waals surface area contributed by atoms with Crippen LogP contribution in [-0.4, -0.2) is 60.0 Å². The number of carbonyl (C=O) groups excluding carboxylic acids is 2. The van der Waals surface area contributed by atoms with E-state index >= 15 is 0 Å². The number of likely N-dealkylation sites (tertiary alicyclic amines) is 1. The number of rotatable bonds is 2. The van der Waals surface area contributed by atoms with E-state index in [1.54, 1.807) is 4.90 Å². The smallest absolute Gasteiger partial charge is 0.318 e. The van der Waals surface area contributed by atoms with Crippen LogP contribution in [0.15, 0.2) is 24.3 Å². The molecule has 4 rings (SSSR count). The van der Waals surface area contributed by atoms with Gasteiger partial charge >= 0.3 is 6.03 Å². The molecule has 142 valence electrons. The molecule has 1 aromatic rings. The minimum absolute atomic E-state index is 0. The number of carbonyl (C=O) groups is 2. The standard InChI is InChI=1S/C19H26N4O2.ClH/c24-18(22-10-8-16-5-6-17(13-22)21-16)11-20-19(25)23-9-7-14-3-1-2-4-15(14)12-23;/h1-4,16-17,21H,5-13H2,(H,20,25);1H. The lowest BCUT2D eigenvalue weighted by molar-refractivity contribution is -0.130. The summed E-state index contributed by atoms with van der Waals surface area (Å²) in [5.74, 6) is 0.0279. The Morgan fingerprint density at radius 1 is 1.04 bits per heavy atom. The first kappa shape index (κ1) is 19.0. The molecule has 2 N–H and O–H groups in total. The van der Waals surface area contributed by atoms with Crippen LogP contribution in [0.25, 0.3) is 0 Å². The molecule has 6 nitrogen and oxygen atoms in total. The van der Waals surface area contributed by atoms with E-state index in [0.29, 0.717) is 25.2 Å². The van der Waals surface area contributed by atoms with Crippen LogP contribution in [0.2, 0.25) is 0 Å². The van der Waals surface area contributed by atoms with Crippen molar-refractivity contribution >= 4 is 24.3 Å². The third kappa shape index (κ3) is 4.13. The monoisotopic (exact) mass is 378 g/mol. The van der Waals surface area contributed by atoms with Crippen molar-refractivity contribution in [2.45, 2.75) is 44.3 Å². The van der Waals surface area contributed by atoms with E-state index in [4.69, 9.17) is 0 Å². The lowest BCUT2D eigenvalue weighted by atomic mass is 10.0. The zero-order chi connectivity index (χ0) is 17.2. The number of benzene rings is 1. The van der Waals surface area contributed by atoms with E-state index in [1.165, 1.54) is 17.5 Å². The van der Waals surface area contributed by atoms with E-state index in [9.17, 15) is 9.59 Å². The van der Waals surface area contributed by atoms with Crippen molar-refractivity contribution in [3.8, 4) is 0 Å². The highest BCUT2D eigenvalue weighted by molar-refractivity contribution is 5.85. The fourth-order valence-corrected chi connectivity index (χ4v) is 4.21. The van der Waals surface area contributed by atoms with Crippen molar-refractivity contribution in [2.75, 3.05) is 26.2 Å². The Morgan fingerprint density at radius 3 is 2.65 bits per heavy atom. The van der Waals surface area contributed by atoms with Crippen LogP contribution < -0.4 is 10.6 Å². The van der Waals surface area contributed by atoms with Gasteiger partial charge in [0.2, 0.25) is 5.91 Å². The van der Waals surface area contributed by atoms with Gasteiger partial charge in [-0.05, 0) is 36.8 Å². The third-order valence-corrected chi connectivity index (χ3v) is 5.68. The molecule has 2 unspecified atom stereocenters. The number of nitrogens with zero attached hydrogens (tertiary/aromatic N) is 2. The van der Waals surface area contributed by atoms with Crippen molar-refractivity contribution < 1.29 is 9.59 Å². The Hall–Kier alpha value is -1.79. The number of nitrogens with one attached hydrogen (secondary N) is 2. The minimum Gasteiger partial charge on any atom is -0.340 e. The first-order valence-electron chi connectivity index (χ1n) is 9.32. The highest BCUT2D eigenvalue weighted by Gasteiger charge is 2.31. The Bertz CT molecular complexity index is 669. The fourth-order valence-electron chi connectivity index (χ4n) is 4.21. The fraction of sp³-hybridized carbons (Fsp3) is 0.579. The molecule has 0 spiro atoms. The van der Waals surface area contributed by atoms with Gasteiger partial charge in [-0.15, -0.1) is 12.4 Å². The summed E-state index contributed by atoms with van der Waals surface area (Å²) in [6.45, 7) is 2.97. The summed E-state index contributed by atoms with van der Waals surface area (Å²) in [4.78, 5) is 28.6. The number of hydrogen-bond donors (Lipinski definition) is 2. The van der Waals surface area contributed by atoms with Gasteiger partial charge in [0.1, 0.15) is 0 Å². The first-order valence-corrected chi connectivity index (χ1v) is 9.32. The summed E-state index contributed by atoms with van der Waals surface area (Å²) in [5, 5.41) is 6.39. The van der Waals surface area contributed by atoms with Crippen LogP contribution in [0.4, 0.5) is 4.79 Å². The molecule has 0 aromatic heterocycles. The summed E-state index contributed by atoms with van der Waals surface area (Å²) in [6.07, 6.45) is 4.26. The molecular weight excluding hydrogens is 352 g/mol. The molecule has 0 aliphatic carbocycles. The Labute approximate surface area is 160 Å². The number of urea groups is 1. The van der Waals surface area contributed by atoms with Crippen LogP contribution in [-0.2, 0) is 17.8 Å². The van der Waals surface area contributed by atoms with Gasteiger partial charge < -0.3 is 20.4 Å². The van der Waals surface area contributed by atoms with Gasteiger partial charge in [0, 0.05) is 38.3 Å². The van der Waals surface area contributed by atoms with Crippen molar-refractivity contribution in [2.24, 2.45) is 0 Å². The summed E-state index contributed by atoms with van der Waals surface area (Å²) >= 11 is 0. The van der Waals surface area contributed by atoms with Crippen LogP contribution in [0.1, 0.15) is 30.4 Å². The summed E-state index contributed by atoms with van der Waals surface area (Å²) in [5.41, 5.74) is 2.51. The largest absolute Gasteiger partial charge is 0.340 e. The second-order valence-electron chi connectivity index (χ2n) is 7.37. The molecule has 1 aromatic carbocycles. The van der Waals surface area contributed by atoms with Crippen molar-refractivity contribution in [3.63, 3.8) is 0 Å². The van der Waals surface area contributed by atoms with E-state index in [2.05, 4.69) is 22.8 Å². The molecule has 26 heavy (non-hydrogen) atoms. The number of amides is 3. The lowest BCUT2D eigenvalue weighted by Crippen LogP contribution is -2.48. The summed E-state index contributed by atoms with van der Waals surface area (Å²) in [7, 11) is 0. The molecule has 2 bridgehead atoms. The number of halogens is 1. The predicted octanol–water partition coefficient (Wildman–Crippen LogP) is 1.53. The molecule has 0 saturated carbocycles. The van der Waals surface area contributed by atoms with Crippen LogP contribution in [0.5, 0.6) is 0 Å². The Kier molecular flexibility index (Phi) is 6.04. The summed E-state index contributed by atoms with van der Waals surface area (Å²) < 4.78 is 0. The predicted molar refractivity (Wildman–Crippen MR) is 102 cm³/mol. The summed E-state index contributed by atoms with van der Waals surface area (Å²) in [6, 6.07) is 9.07. The van der Waals surface area contributed by atoms with Gasteiger partial charge in [-0.25, -0.2) is 4.79 Å². The maximum absolute atomic E-state index is 12.5. The van der Waals surface area contributed by atoms with E-state index < -0.39 is 0 Å². The topological polar surface area (TPSA) is 64.7 Å². The molecular formula is C19H27ClN4O2. The molecule has 2 atom stereocenters. The molecule has 2 fully saturated rings. The van der Waals surface area contributed by atoms with Gasteiger partial charge in [0.05, 0.1) is 6.54 Å². The first-order chi connectivity index (χ1) is 12.2. The highest BCUT2D eigenvalue weighted by atomic mass is 35.5.